The SMILES string of the molecule is C=C.[N-]=[N+]=CC(=O)O. The van der Waals surface area contributed by atoms with Gasteiger partial charge in [-0.2, -0.15) is 4.79 Å². The maximum absolute atomic E-state index is 9.29. The molecule has 0 heterocycles. The normalized spacial score (nSPS) is 5.00. The van der Waals surface area contributed by atoms with Crippen molar-refractivity contribution >= 4 is 12.2 Å². The van der Waals surface area contributed by atoms with E-state index in [2.05, 4.69) is 17.9 Å². The van der Waals surface area contributed by atoms with E-state index in [1.165, 1.54) is 0 Å². The lowest BCUT2D eigenvalue weighted by Gasteiger charge is -1.57. The van der Waals surface area contributed by atoms with Crippen molar-refractivity contribution in [2.75, 3.05) is 0 Å². The van der Waals surface area contributed by atoms with E-state index in [0.717, 1.165) is 0 Å². The van der Waals surface area contributed by atoms with E-state index < -0.39 is 5.97 Å². The van der Waals surface area contributed by atoms with Gasteiger partial charge in [0.15, 0.2) is 0 Å². The van der Waals surface area contributed by atoms with Crippen LogP contribution >= 0.6 is 0 Å². The van der Waals surface area contributed by atoms with E-state index >= 15 is 0 Å². The van der Waals surface area contributed by atoms with Crippen LogP contribution in [0.3, 0.4) is 0 Å². The van der Waals surface area contributed by atoms with Gasteiger partial charge in [0.2, 0.25) is 0 Å². The van der Waals surface area contributed by atoms with Crippen molar-refractivity contribution in [1.82, 2.24) is 0 Å². The number of aliphatic carboxylic acids is 1. The number of hydrogen-bond donors (Lipinski definition) is 1. The summed E-state index contributed by atoms with van der Waals surface area (Å²) in [5.41, 5.74) is 7.43. The van der Waals surface area contributed by atoms with Gasteiger partial charge in [0.25, 0.3) is 0 Å². The molecule has 8 heavy (non-hydrogen) atoms. The van der Waals surface area contributed by atoms with Crippen LogP contribution in [-0.2, 0) is 4.79 Å². The fourth-order valence-corrected chi connectivity index (χ4v) is 0.0494. The van der Waals surface area contributed by atoms with E-state index in [0.29, 0.717) is 6.21 Å². The van der Waals surface area contributed by atoms with Crippen LogP contribution in [0.5, 0.6) is 0 Å². The second-order valence-corrected chi connectivity index (χ2v) is 0.583. The van der Waals surface area contributed by atoms with Gasteiger partial charge in [0, 0.05) is 0 Å². The highest BCUT2D eigenvalue weighted by atomic mass is 16.4. The van der Waals surface area contributed by atoms with E-state index in [9.17, 15) is 4.79 Å². The van der Waals surface area contributed by atoms with Gasteiger partial charge in [0.05, 0.1) is 0 Å². The second kappa shape index (κ2) is 9.14. The lowest BCUT2D eigenvalue weighted by molar-refractivity contribution is -0.132. The average molecular weight is 114 g/mol. The Morgan fingerprint density at radius 3 is 2.12 bits per heavy atom. The molecule has 0 saturated carbocycles. The minimum absolute atomic E-state index is 0.389. The van der Waals surface area contributed by atoms with Gasteiger partial charge in [-0.15, -0.1) is 13.2 Å². The standard InChI is InChI=1S/C2H2N2O2.C2H4/c3-4-1-2(5)6;1-2/h1H,(H,5,6);1-2H2. The molecule has 0 saturated heterocycles. The van der Waals surface area contributed by atoms with Gasteiger partial charge in [-0.1, -0.05) is 0 Å². The first-order valence-corrected chi connectivity index (χ1v) is 1.67. The molecule has 0 aromatic rings. The van der Waals surface area contributed by atoms with Crippen LogP contribution in [0.25, 0.3) is 5.53 Å². The van der Waals surface area contributed by atoms with Crippen molar-refractivity contribution < 1.29 is 14.7 Å². The average Bonchev–Trinajstić information content (AvgIpc) is 1.72. The lowest BCUT2D eigenvalue weighted by Crippen LogP contribution is -1.94. The summed E-state index contributed by atoms with van der Waals surface area (Å²) in [6.45, 7) is 6.00. The van der Waals surface area contributed by atoms with E-state index in [1.807, 2.05) is 0 Å². The lowest BCUT2D eigenvalue weighted by atomic mass is 10.8. The van der Waals surface area contributed by atoms with E-state index in [-0.39, 0.29) is 0 Å². The monoisotopic (exact) mass is 114 g/mol. The van der Waals surface area contributed by atoms with Gasteiger partial charge in [-0.3, -0.25) is 0 Å². The molecule has 0 amide bonds. The number of hydrogen-bond acceptors (Lipinski definition) is 1. The Bertz CT molecular complexity index is 115. The summed E-state index contributed by atoms with van der Waals surface area (Å²) in [5.74, 6) is -1.25. The predicted molar refractivity (Wildman–Crippen MR) is 28.6 cm³/mol. The van der Waals surface area contributed by atoms with Gasteiger partial charge < -0.3 is 10.6 Å². The minimum atomic E-state index is -1.25. The van der Waals surface area contributed by atoms with Gasteiger partial charge in [-0.25, -0.2) is 4.79 Å². The number of nitrogens with zero attached hydrogens (tertiary/aromatic N) is 2. The number of carboxylic acids is 1. The number of carboxylic acid groups (broad SMARTS) is 1. The molecule has 0 unspecified atom stereocenters. The van der Waals surface area contributed by atoms with Gasteiger partial charge in [0.1, 0.15) is 0 Å². The summed E-state index contributed by atoms with van der Waals surface area (Å²) in [6.07, 6.45) is 0.389. The molecule has 44 valence electrons. The third kappa shape index (κ3) is 23.4. The Labute approximate surface area is 46.7 Å². The molecule has 0 atom stereocenters. The molecular formula is C4H6N2O2. The zero-order chi connectivity index (χ0) is 6.99. The maximum atomic E-state index is 9.29. The van der Waals surface area contributed by atoms with E-state index in [1.54, 1.807) is 0 Å². The number of carbonyl (C=O) groups is 1. The molecular weight excluding hydrogens is 108 g/mol. The first-order valence-electron chi connectivity index (χ1n) is 1.67. The molecule has 0 bridgehead atoms. The van der Waals surface area contributed by atoms with Crippen LogP contribution in [0.4, 0.5) is 0 Å². The minimum Gasteiger partial charge on any atom is -0.473 e. The molecule has 4 nitrogen and oxygen atoms in total. The van der Waals surface area contributed by atoms with Crippen molar-refractivity contribution in [3.63, 3.8) is 0 Å². The number of rotatable bonds is 1. The van der Waals surface area contributed by atoms with Gasteiger partial charge >= 0.3 is 12.2 Å². The molecule has 0 aliphatic carbocycles. The summed E-state index contributed by atoms with van der Waals surface area (Å²) in [7, 11) is 0. The van der Waals surface area contributed by atoms with Crippen LogP contribution in [0.2, 0.25) is 0 Å². The first-order chi connectivity index (χ1) is 3.77. The van der Waals surface area contributed by atoms with Crippen molar-refractivity contribution in [1.29, 1.82) is 0 Å². The zero-order valence-electron chi connectivity index (χ0n) is 4.24. The highest BCUT2D eigenvalue weighted by Crippen LogP contribution is 1.41. The van der Waals surface area contributed by atoms with Crippen molar-refractivity contribution in [2.24, 2.45) is 0 Å². The second-order valence-electron chi connectivity index (χ2n) is 0.583. The molecule has 4 heteroatoms. The maximum Gasteiger partial charge on any atom is 0.411 e. The Morgan fingerprint density at radius 2 is 2.12 bits per heavy atom. The van der Waals surface area contributed by atoms with Crippen LogP contribution in [0, 0.1) is 0 Å². The predicted octanol–water partition coefficient (Wildman–Crippen LogP) is 0.174. The summed E-state index contributed by atoms with van der Waals surface area (Å²) < 4.78 is 0. The molecule has 0 rings (SSSR count). The smallest absolute Gasteiger partial charge is 0.411 e. The Hall–Kier alpha value is -1.41. The molecule has 0 aliphatic rings. The van der Waals surface area contributed by atoms with Crippen LogP contribution in [0.1, 0.15) is 0 Å². The topological polar surface area (TPSA) is 73.7 Å². The fourth-order valence-electron chi connectivity index (χ4n) is 0.0494. The Balaban J connectivity index is 0. The molecule has 0 radical (unpaired) electrons. The molecule has 0 aromatic carbocycles. The van der Waals surface area contributed by atoms with Crippen molar-refractivity contribution in [2.45, 2.75) is 0 Å². The Morgan fingerprint density at radius 1 is 1.75 bits per heavy atom. The summed E-state index contributed by atoms with van der Waals surface area (Å²) >= 11 is 0. The third-order valence-electron chi connectivity index (χ3n) is 0.168. The van der Waals surface area contributed by atoms with Gasteiger partial charge in [-0.05, 0) is 0 Å². The quantitative estimate of drug-likeness (QED) is 0.228. The molecule has 0 aliphatic heterocycles. The van der Waals surface area contributed by atoms with E-state index in [4.69, 9.17) is 10.6 Å². The Kier molecular flexibility index (Phi) is 11.2. The van der Waals surface area contributed by atoms with Crippen LogP contribution in [-0.4, -0.2) is 22.1 Å². The summed E-state index contributed by atoms with van der Waals surface area (Å²) in [6, 6.07) is 0. The first kappa shape index (κ1) is 9.77. The summed E-state index contributed by atoms with van der Waals surface area (Å²) in [5, 5.41) is 7.60. The third-order valence-corrected chi connectivity index (χ3v) is 0.168. The molecule has 0 spiro atoms. The van der Waals surface area contributed by atoms with Crippen LogP contribution in [0.15, 0.2) is 13.2 Å². The molecule has 0 aromatic heterocycles. The highest BCUT2D eigenvalue weighted by Gasteiger charge is 1.88. The largest absolute Gasteiger partial charge is 0.473 e. The van der Waals surface area contributed by atoms with Crippen molar-refractivity contribution in [3.05, 3.63) is 18.7 Å². The molecule has 0 fully saturated rings. The summed E-state index contributed by atoms with van der Waals surface area (Å²) in [4.78, 5) is 11.5. The van der Waals surface area contributed by atoms with Crippen LogP contribution < -0.4 is 0 Å². The van der Waals surface area contributed by atoms with Crippen molar-refractivity contribution in [3.8, 4) is 0 Å². The zero-order valence-corrected chi connectivity index (χ0v) is 4.24. The molecule has 1 N–H and O–H groups in total. The fraction of sp³-hybridized carbons (Fsp3) is 0. The highest BCUT2D eigenvalue weighted by molar-refractivity contribution is 6.19.